The Balaban J connectivity index is 0.00000353. The molecule has 1 aliphatic rings. The van der Waals surface area contributed by atoms with E-state index in [1.165, 1.54) is 16.8 Å². The van der Waals surface area contributed by atoms with Crippen LogP contribution in [0.5, 0.6) is 0 Å². The fraction of sp³-hybridized carbons (Fsp3) is 0.147. The average Bonchev–Trinajstić information content (AvgIpc) is 3.58. The first-order chi connectivity index (χ1) is 20.2. The van der Waals surface area contributed by atoms with Gasteiger partial charge in [-0.05, 0) is 60.0 Å². The topological polar surface area (TPSA) is 61.5 Å². The molecule has 0 aliphatic heterocycles. The standard InChI is InChI=1S/C34H32N7.BrH/c1-3-41(23-22-40-21-20-39(2)25-40)29-18-16-28(17-19-29)37-36-27-14-12-26(13-15-27)24-35-38-34-32-10-6-4-8-30(32)31-9-5-7-11-33(31)34;/h4-21,24-25H,3,22-23H2,1-2H3;1H/q+1;/p-1/b35-24+,37-36?;. The van der Waals surface area contributed by atoms with Crippen molar-refractivity contribution in [3.05, 3.63) is 132 Å². The minimum absolute atomic E-state index is 0. The number of imidazole rings is 1. The molecule has 0 N–H and O–H groups in total. The van der Waals surface area contributed by atoms with E-state index in [-0.39, 0.29) is 17.0 Å². The van der Waals surface area contributed by atoms with Gasteiger partial charge in [0, 0.05) is 23.4 Å². The molecule has 0 amide bonds. The summed E-state index contributed by atoms with van der Waals surface area (Å²) in [6.45, 7) is 5.00. The van der Waals surface area contributed by atoms with Crippen molar-refractivity contribution in [1.82, 2.24) is 4.57 Å². The number of rotatable bonds is 9. The molecule has 7 nitrogen and oxygen atoms in total. The van der Waals surface area contributed by atoms with Crippen LogP contribution in [0, 0.1) is 0 Å². The van der Waals surface area contributed by atoms with Gasteiger partial charge in [0.25, 0.3) is 0 Å². The monoisotopic (exact) mass is 617 g/mol. The molecule has 1 aromatic heterocycles. The molecule has 0 saturated carbocycles. The lowest BCUT2D eigenvalue weighted by Crippen LogP contribution is -3.00. The number of hydrogen-bond acceptors (Lipinski definition) is 5. The number of nitrogens with zero attached hydrogens (tertiary/aromatic N) is 7. The number of aromatic nitrogens is 2. The lowest BCUT2D eigenvalue weighted by atomic mass is 10.1. The van der Waals surface area contributed by atoms with E-state index in [0.29, 0.717) is 0 Å². The van der Waals surface area contributed by atoms with Crippen LogP contribution in [0.25, 0.3) is 11.1 Å². The number of anilines is 1. The average molecular weight is 619 g/mol. The van der Waals surface area contributed by atoms with Crippen LogP contribution in [0.1, 0.15) is 23.6 Å². The fourth-order valence-electron chi connectivity index (χ4n) is 5.07. The Hall–Kier alpha value is -4.69. The molecule has 6 rings (SSSR count). The van der Waals surface area contributed by atoms with E-state index in [1.54, 1.807) is 6.21 Å². The van der Waals surface area contributed by atoms with E-state index in [2.05, 4.69) is 109 Å². The van der Waals surface area contributed by atoms with Crippen LogP contribution in [-0.2, 0) is 13.6 Å². The third-order valence-electron chi connectivity index (χ3n) is 7.24. The normalized spacial score (nSPS) is 11.9. The van der Waals surface area contributed by atoms with Crippen molar-refractivity contribution in [1.29, 1.82) is 0 Å². The van der Waals surface area contributed by atoms with Gasteiger partial charge < -0.3 is 21.9 Å². The number of halogens is 1. The van der Waals surface area contributed by atoms with Gasteiger partial charge in [-0.25, -0.2) is 9.13 Å². The number of azo groups is 1. The Morgan fingerprint density at radius 3 is 1.88 bits per heavy atom. The summed E-state index contributed by atoms with van der Waals surface area (Å²) in [6, 6.07) is 32.7. The number of aryl methyl sites for hydroxylation is 1. The van der Waals surface area contributed by atoms with Crippen molar-refractivity contribution in [2.45, 2.75) is 13.5 Å². The van der Waals surface area contributed by atoms with Crippen LogP contribution in [0.4, 0.5) is 17.1 Å². The quantitative estimate of drug-likeness (QED) is 0.104. The summed E-state index contributed by atoms with van der Waals surface area (Å²) in [5.74, 6) is 0. The van der Waals surface area contributed by atoms with Crippen LogP contribution >= 0.6 is 0 Å². The van der Waals surface area contributed by atoms with E-state index >= 15 is 0 Å². The third-order valence-corrected chi connectivity index (χ3v) is 7.24. The van der Waals surface area contributed by atoms with Crippen molar-refractivity contribution in [3.63, 3.8) is 0 Å². The Kier molecular flexibility index (Phi) is 9.14. The van der Waals surface area contributed by atoms with Gasteiger partial charge in [0.05, 0.1) is 31.2 Å². The van der Waals surface area contributed by atoms with Gasteiger partial charge in [-0.3, -0.25) is 0 Å². The highest BCUT2D eigenvalue weighted by atomic mass is 79.9. The predicted molar refractivity (Wildman–Crippen MR) is 166 cm³/mol. The minimum Gasteiger partial charge on any atom is -1.00 e. The molecule has 0 radical (unpaired) electrons. The Morgan fingerprint density at radius 2 is 1.33 bits per heavy atom. The molecule has 0 fully saturated rings. The van der Waals surface area contributed by atoms with Crippen LogP contribution in [-0.4, -0.2) is 29.6 Å². The summed E-state index contributed by atoms with van der Waals surface area (Å²) >= 11 is 0. The van der Waals surface area contributed by atoms with Crippen LogP contribution < -0.4 is 26.4 Å². The van der Waals surface area contributed by atoms with Gasteiger partial charge in [-0.2, -0.15) is 15.3 Å². The molecule has 5 aromatic rings. The van der Waals surface area contributed by atoms with Gasteiger partial charge in [-0.1, -0.05) is 60.7 Å². The smallest absolute Gasteiger partial charge is 0.243 e. The lowest BCUT2D eigenvalue weighted by Gasteiger charge is -2.22. The zero-order valence-electron chi connectivity index (χ0n) is 23.7. The molecule has 1 heterocycles. The molecule has 42 heavy (non-hydrogen) atoms. The molecular weight excluding hydrogens is 586 g/mol. The number of fused-ring (bicyclic) bond motifs is 3. The number of benzene rings is 4. The van der Waals surface area contributed by atoms with Crippen LogP contribution in [0.15, 0.2) is 136 Å². The first-order valence-electron chi connectivity index (χ1n) is 13.9. The second-order valence-corrected chi connectivity index (χ2v) is 9.99. The zero-order valence-corrected chi connectivity index (χ0v) is 25.3. The molecule has 0 atom stereocenters. The minimum atomic E-state index is 0. The molecule has 4 aromatic carbocycles. The number of hydrogen-bond donors (Lipinski definition) is 0. The molecule has 0 bridgehead atoms. The van der Waals surface area contributed by atoms with Crippen LogP contribution in [0.2, 0.25) is 0 Å². The summed E-state index contributed by atoms with van der Waals surface area (Å²) < 4.78 is 4.26. The highest BCUT2D eigenvalue weighted by Gasteiger charge is 2.23. The molecule has 210 valence electrons. The zero-order chi connectivity index (χ0) is 28.0. The van der Waals surface area contributed by atoms with Gasteiger partial charge in [-0.15, -0.1) is 5.10 Å². The van der Waals surface area contributed by atoms with E-state index in [9.17, 15) is 0 Å². The Labute approximate surface area is 257 Å². The molecule has 0 unspecified atom stereocenters. The SMILES string of the molecule is CCN(CC[n+]1ccn(C)c1)c1ccc(N=Nc2ccc(/C=N/N=C3c4ccccc4-c4ccccc43)cc2)cc1.[Br-]. The maximum atomic E-state index is 4.59. The Bertz CT molecular complexity index is 1690. The van der Waals surface area contributed by atoms with Gasteiger partial charge in [0.15, 0.2) is 0 Å². The van der Waals surface area contributed by atoms with E-state index in [0.717, 1.165) is 53.4 Å². The summed E-state index contributed by atoms with van der Waals surface area (Å²) in [5.41, 5.74) is 9.27. The second-order valence-electron chi connectivity index (χ2n) is 9.99. The van der Waals surface area contributed by atoms with E-state index in [4.69, 9.17) is 0 Å². The van der Waals surface area contributed by atoms with Crippen molar-refractivity contribution in [2.24, 2.45) is 27.5 Å². The van der Waals surface area contributed by atoms with Crippen molar-refractivity contribution < 1.29 is 21.5 Å². The van der Waals surface area contributed by atoms with E-state index < -0.39 is 0 Å². The maximum absolute atomic E-state index is 4.59. The van der Waals surface area contributed by atoms with E-state index in [1.807, 2.05) is 55.6 Å². The predicted octanol–water partition coefficient (Wildman–Crippen LogP) is 4.11. The second kappa shape index (κ2) is 13.3. The number of likely N-dealkylation sites (N-methyl/N-ethyl adjacent to an activating group) is 1. The molecule has 0 spiro atoms. The molecule has 1 aliphatic carbocycles. The fourth-order valence-corrected chi connectivity index (χ4v) is 5.07. The van der Waals surface area contributed by atoms with Gasteiger partial charge in [0.2, 0.25) is 6.33 Å². The van der Waals surface area contributed by atoms with Gasteiger partial charge >= 0.3 is 0 Å². The molecular formula is C34H32BrN7. The highest BCUT2D eigenvalue weighted by Crippen LogP contribution is 2.36. The van der Waals surface area contributed by atoms with Gasteiger partial charge in [0.1, 0.15) is 24.7 Å². The first-order valence-corrected chi connectivity index (χ1v) is 13.9. The largest absolute Gasteiger partial charge is 1.00 e. The van der Waals surface area contributed by atoms with Crippen molar-refractivity contribution in [2.75, 3.05) is 18.0 Å². The third kappa shape index (κ3) is 6.44. The summed E-state index contributed by atoms with van der Waals surface area (Å²) in [4.78, 5) is 2.36. The van der Waals surface area contributed by atoms with Crippen molar-refractivity contribution in [3.8, 4) is 11.1 Å². The summed E-state index contributed by atoms with van der Waals surface area (Å²) in [5, 5.41) is 17.8. The molecule has 0 saturated heterocycles. The van der Waals surface area contributed by atoms with Crippen LogP contribution in [0.3, 0.4) is 0 Å². The highest BCUT2D eigenvalue weighted by molar-refractivity contribution is 6.24. The van der Waals surface area contributed by atoms with Crippen molar-refractivity contribution >= 4 is 29.0 Å². The maximum Gasteiger partial charge on any atom is 0.243 e. The first kappa shape index (κ1) is 28.8. The Morgan fingerprint density at radius 1 is 0.762 bits per heavy atom. The lowest BCUT2D eigenvalue weighted by molar-refractivity contribution is -0.693. The summed E-state index contributed by atoms with van der Waals surface area (Å²) in [7, 11) is 2.04. The summed E-state index contributed by atoms with van der Waals surface area (Å²) in [6.07, 6.45) is 8.02. The molecule has 8 heteroatoms.